The van der Waals surface area contributed by atoms with Gasteiger partial charge in [0, 0.05) is 11.8 Å². The molecule has 1 atom stereocenters. The summed E-state index contributed by atoms with van der Waals surface area (Å²) in [6, 6.07) is 18.6. The van der Waals surface area contributed by atoms with E-state index in [1.54, 1.807) is 0 Å². The van der Waals surface area contributed by atoms with Gasteiger partial charge < -0.3 is 15.3 Å². The Morgan fingerprint density at radius 1 is 0.421 bits per heavy atom. The van der Waals surface area contributed by atoms with E-state index in [9.17, 15) is 15.3 Å². The maximum absolute atomic E-state index is 10.5. The molecule has 0 bridgehead atoms. The summed E-state index contributed by atoms with van der Waals surface area (Å²) in [5.74, 6) is 1.02. The number of phenols is 3. The maximum atomic E-state index is 10.5. The van der Waals surface area contributed by atoms with Crippen LogP contribution < -0.4 is 0 Å². The van der Waals surface area contributed by atoms with E-state index >= 15 is 0 Å². The molecule has 4 aromatic carbocycles. The zero-order valence-electron chi connectivity index (χ0n) is 23.9. The van der Waals surface area contributed by atoms with Crippen LogP contribution in [0, 0.1) is 55.4 Å². The molecule has 0 spiro atoms. The number of aryl methyl sites for hydroxylation is 8. The third kappa shape index (κ3) is 5.29. The predicted octanol–water partition coefficient (Wildman–Crippen LogP) is 8.62. The first-order chi connectivity index (χ1) is 17.9. The molecular weight excluding hydrogens is 468 g/mol. The normalized spacial score (nSPS) is 12.2. The fraction of sp³-hybridized carbons (Fsp3) is 0.314. The van der Waals surface area contributed by atoms with Crippen molar-refractivity contribution in [3.63, 3.8) is 0 Å². The molecule has 3 N–H and O–H groups in total. The molecule has 38 heavy (non-hydrogen) atoms. The van der Waals surface area contributed by atoms with Crippen molar-refractivity contribution in [2.45, 2.75) is 73.6 Å². The highest BCUT2D eigenvalue weighted by Gasteiger charge is 2.28. The SMILES string of the molecule is Cc1ccc(C)c(C(CC(c2cc(C)c(O)cc2C)c2cc(C)c(O)cc2C)c2cc(C)c(O)cc2C)c1. The number of phenolic OH excluding ortho intramolecular Hbond substituents is 3. The summed E-state index contributed by atoms with van der Waals surface area (Å²) >= 11 is 0. The molecule has 1 unspecified atom stereocenters. The van der Waals surface area contributed by atoms with Gasteiger partial charge in [-0.15, -0.1) is 0 Å². The minimum Gasteiger partial charge on any atom is -0.508 e. The van der Waals surface area contributed by atoms with Crippen LogP contribution >= 0.6 is 0 Å². The number of hydrogen-bond acceptors (Lipinski definition) is 3. The minimum atomic E-state index is 0.0204. The zero-order chi connectivity index (χ0) is 27.9. The summed E-state index contributed by atoms with van der Waals surface area (Å²) < 4.78 is 0. The Labute approximate surface area is 227 Å². The van der Waals surface area contributed by atoms with Crippen LogP contribution in [0.3, 0.4) is 0 Å². The van der Waals surface area contributed by atoms with Crippen molar-refractivity contribution in [3.05, 3.63) is 121 Å². The fourth-order valence-electron chi connectivity index (χ4n) is 5.81. The van der Waals surface area contributed by atoms with Crippen LogP contribution in [0.4, 0.5) is 0 Å². The van der Waals surface area contributed by atoms with E-state index in [-0.39, 0.29) is 11.8 Å². The summed E-state index contributed by atoms with van der Waals surface area (Å²) in [5, 5.41) is 31.4. The van der Waals surface area contributed by atoms with Crippen LogP contribution in [0.5, 0.6) is 17.2 Å². The van der Waals surface area contributed by atoms with Crippen LogP contribution in [-0.4, -0.2) is 15.3 Å². The Morgan fingerprint density at radius 2 is 0.763 bits per heavy atom. The van der Waals surface area contributed by atoms with Gasteiger partial charge in [0.1, 0.15) is 17.2 Å². The minimum absolute atomic E-state index is 0.0204. The van der Waals surface area contributed by atoms with Crippen molar-refractivity contribution < 1.29 is 15.3 Å². The van der Waals surface area contributed by atoms with E-state index < -0.39 is 0 Å². The van der Waals surface area contributed by atoms with Crippen molar-refractivity contribution >= 4 is 0 Å². The quantitative estimate of drug-likeness (QED) is 0.244. The predicted molar refractivity (Wildman–Crippen MR) is 157 cm³/mol. The van der Waals surface area contributed by atoms with Crippen molar-refractivity contribution in [3.8, 4) is 17.2 Å². The van der Waals surface area contributed by atoms with Gasteiger partial charge in [-0.25, -0.2) is 0 Å². The second-order valence-electron chi connectivity index (χ2n) is 11.2. The Bertz CT molecular complexity index is 1460. The maximum Gasteiger partial charge on any atom is 0.118 e. The standard InChI is InChI=1S/C35H40O3/c1-19-9-10-20(2)27(11-19)31(28-12-24(6)33(36)15-21(28)3)18-32(29-13-25(7)34(37)16-22(29)4)30-14-26(8)35(38)17-23(30)5/h9-17,31-32,36-38H,18H2,1-8H3. The van der Waals surface area contributed by atoms with Gasteiger partial charge in [-0.2, -0.15) is 0 Å². The van der Waals surface area contributed by atoms with Crippen molar-refractivity contribution in [2.75, 3.05) is 0 Å². The molecule has 3 nitrogen and oxygen atoms in total. The lowest BCUT2D eigenvalue weighted by Crippen LogP contribution is -2.14. The highest BCUT2D eigenvalue weighted by atomic mass is 16.3. The number of hydrogen-bond donors (Lipinski definition) is 3. The molecule has 3 heteroatoms. The molecule has 0 radical (unpaired) electrons. The first kappa shape index (κ1) is 27.3. The van der Waals surface area contributed by atoms with Gasteiger partial charge in [0.15, 0.2) is 0 Å². The molecule has 0 fully saturated rings. The van der Waals surface area contributed by atoms with Crippen LogP contribution in [-0.2, 0) is 0 Å². The number of aromatic hydroxyl groups is 3. The summed E-state index contributed by atoms with van der Waals surface area (Å²) in [7, 11) is 0. The molecule has 0 heterocycles. The van der Waals surface area contributed by atoms with Gasteiger partial charge in [0.05, 0.1) is 0 Å². The van der Waals surface area contributed by atoms with Gasteiger partial charge >= 0.3 is 0 Å². The lowest BCUT2D eigenvalue weighted by Gasteiger charge is -2.30. The van der Waals surface area contributed by atoms with E-state index in [0.29, 0.717) is 17.2 Å². The molecule has 198 valence electrons. The lowest BCUT2D eigenvalue weighted by atomic mass is 9.73. The fourth-order valence-corrected chi connectivity index (χ4v) is 5.81. The van der Waals surface area contributed by atoms with E-state index in [1.807, 2.05) is 39.0 Å². The van der Waals surface area contributed by atoms with E-state index in [0.717, 1.165) is 39.8 Å². The Kier molecular flexibility index (Phi) is 7.60. The van der Waals surface area contributed by atoms with Crippen LogP contribution in [0.2, 0.25) is 0 Å². The van der Waals surface area contributed by atoms with E-state index in [2.05, 4.69) is 71.0 Å². The van der Waals surface area contributed by atoms with E-state index in [1.165, 1.54) is 33.4 Å². The first-order valence-electron chi connectivity index (χ1n) is 13.3. The van der Waals surface area contributed by atoms with Gasteiger partial charge in [-0.3, -0.25) is 0 Å². The largest absolute Gasteiger partial charge is 0.508 e. The molecule has 0 aromatic heterocycles. The van der Waals surface area contributed by atoms with Crippen LogP contribution in [0.15, 0.2) is 54.6 Å². The molecule has 0 saturated carbocycles. The molecular formula is C35H40O3. The molecule has 0 aliphatic rings. The second-order valence-corrected chi connectivity index (χ2v) is 11.2. The summed E-state index contributed by atoms with van der Waals surface area (Å²) in [6.45, 7) is 16.4. The van der Waals surface area contributed by atoms with Crippen LogP contribution in [0.25, 0.3) is 0 Å². The first-order valence-corrected chi connectivity index (χ1v) is 13.3. The number of benzene rings is 4. The zero-order valence-corrected chi connectivity index (χ0v) is 23.9. The second kappa shape index (κ2) is 10.6. The Balaban J connectivity index is 2.01. The van der Waals surface area contributed by atoms with Gasteiger partial charge in [0.2, 0.25) is 0 Å². The highest BCUT2D eigenvalue weighted by molar-refractivity contribution is 5.53. The average Bonchev–Trinajstić information content (AvgIpc) is 2.84. The lowest BCUT2D eigenvalue weighted by molar-refractivity contribution is 0.469. The van der Waals surface area contributed by atoms with Crippen molar-refractivity contribution in [1.29, 1.82) is 0 Å². The van der Waals surface area contributed by atoms with Crippen LogP contribution in [0.1, 0.15) is 85.0 Å². The summed E-state index contributed by atoms with van der Waals surface area (Å²) in [4.78, 5) is 0. The molecule has 0 saturated heterocycles. The van der Waals surface area contributed by atoms with Crippen molar-refractivity contribution in [2.24, 2.45) is 0 Å². The third-order valence-corrected chi connectivity index (χ3v) is 8.16. The Hall–Kier alpha value is -3.72. The van der Waals surface area contributed by atoms with Crippen molar-refractivity contribution in [1.82, 2.24) is 0 Å². The smallest absolute Gasteiger partial charge is 0.118 e. The highest BCUT2D eigenvalue weighted by Crippen LogP contribution is 2.45. The van der Waals surface area contributed by atoms with Gasteiger partial charge in [-0.1, -0.05) is 42.0 Å². The topological polar surface area (TPSA) is 60.7 Å². The summed E-state index contributed by atoms with van der Waals surface area (Å²) in [6.07, 6.45) is 0.797. The third-order valence-electron chi connectivity index (χ3n) is 8.16. The molecule has 0 aliphatic heterocycles. The molecule has 4 aromatic rings. The number of rotatable bonds is 6. The molecule has 0 amide bonds. The van der Waals surface area contributed by atoms with Gasteiger partial charge in [-0.05, 0) is 141 Å². The monoisotopic (exact) mass is 508 g/mol. The molecule has 4 rings (SSSR count). The average molecular weight is 509 g/mol. The molecule has 0 aliphatic carbocycles. The van der Waals surface area contributed by atoms with E-state index in [4.69, 9.17) is 0 Å². The Morgan fingerprint density at radius 3 is 1.13 bits per heavy atom. The van der Waals surface area contributed by atoms with Gasteiger partial charge in [0.25, 0.3) is 0 Å². The summed E-state index contributed by atoms with van der Waals surface area (Å²) in [5.41, 5.74) is 13.0.